The van der Waals surface area contributed by atoms with Crippen molar-refractivity contribution >= 4 is 0 Å². The van der Waals surface area contributed by atoms with E-state index < -0.39 is 23.2 Å². The molecule has 1 heterocycles. The number of aromatic nitrogens is 2. The first-order valence-corrected chi connectivity index (χ1v) is 13.3. The van der Waals surface area contributed by atoms with E-state index >= 15 is 0 Å². The predicted octanol–water partition coefficient (Wildman–Crippen LogP) is 7.21. The molecule has 1 aromatic heterocycles. The van der Waals surface area contributed by atoms with Crippen LogP contribution in [0.4, 0.5) is 13.2 Å². The summed E-state index contributed by atoms with van der Waals surface area (Å²) < 4.78 is 43.4. The van der Waals surface area contributed by atoms with Crippen LogP contribution in [0.3, 0.4) is 0 Å². The second-order valence-electron chi connectivity index (χ2n) is 10.8. The van der Waals surface area contributed by atoms with Crippen molar-refractivity contribution in [1.29, 1.82) is 0 Å². The van der Waals surface area contributed by atoms with Crippen LogP contribution in [0.25, 0.3) is 11.1 Å². The lowest BCUT2D eigenvalue weighted by molar-refractivity contribution is 0.332. The largest absolute Gasteiger partial charge is 0.494 e. The smallest absolute Gasteiger partial charge is 0.280 e. The molecule has 4 nitrogen and oxygen atoms in total. The number of aromatic hydroxyl groups is 1. The summed E-state index contributed by atoms with van der Waals surface area (Å²) in [6.45, 7) is 3.81. The Morgan fingerprint density at radius 2 is 1.49 bits per heavy atom. The molecule has 1 saturated carbocycles. The van der Waals surface area contributed by atoms with E-state index in [9.17, 15) is 23.1 Å². The summed E-state index contributed by atoms with van der Waals surface area (Å²) in [6.07, 6.45) is 3.71. The minimum absolute atomic E-state index is 0.127. The van der Waals surface area contributed by atoms with Crippen molar-refractivity contribution in [2.45, 2.75) is 52.0 Å². The van der Waals surface area contributed by atoms with Crippen LogP contribution in [-0.2, 0) is 12.8 Å². The summed E-state index contributed by atoms with van der Waals surface area (Å²) in [4.78, 5) is 17.6. The molecule has 202 valence electrons. The monoisotopic (exact) mass is 532 g/mol. The van der Waals surface area contributed by atoms with Gasteiger partial charge in [0.05, 0.1) is 11.6 Å². The highest BCUT2D eigenvalue weighted by Gasteiger charge is 2.29. The normalized spacial score (nSPS) is 14.1. The van der Waals surface area contributed by atoms with Crippen molar-refractivity contribution in [2.24, 2.45) is 11.8 Å². The van der Waals surface area contributed by atoms with Gasteiger partial charge >= 0.3 is 0 Å². The number of halogens is 3. The van der Waals surface area contributed by atoms with E-state index in [1.807, 2.05) is 38.1 Å². The van der Waals surface area contributed by atoms with Crippen LogP contribution in [0.1, 0.15) is 61.7 Å². The zero-order chi connectivity index (χ0) is 27.7. The zero-order valence-corrected chi connectivity index (χ0v) is 22.0. The molecule has 0 saturated heterocycles. The average Bonchev–Trinajstić information content (AvgIpc) is 3.72. The molecule has 1 atom stereocenters. The highest BCUT2D eigenvalue weighted by atomic mass is 19.1. The van der Waals surface area contributed by atoms with Gasteiger partial charge in [-0.05, 0) is 64.8 Å². The van der Waals surface area contributed by atoms with Gasteiger partial charge in [-0.15, -0.1) is 0 Å². The third-order valence-electron chi connectivity index (χ3n) is 7.39. The molecule has 0 spiro atoms. The van der Waals surface area contributed by atoms with Gasteiger partial charge in [0.25, 0.3) is 5.56 Å². The van der Waals surface area contributed by atoms with Crippen LogP contribution >= 0.6 is 0 Å². The first-order chi connectivity index (χ1) is 18.7. The number of rotatable bonds is 9. The Morgan fingerprint density at radius 1 is 0.897 bits per heavy atom. The fraction of sp³-hybridized carbons (Fsp3) is 0.312. The minimum Gasteiger partial charge on any atom is -0.494 e. The van der Waals surface area contributed by atoms with Crippen molar-refractivity contribution in [3.63, 3.8) is 0 Å². The molecule has 1 fully saturated rings. The molecule has 0 amide bonds. The Hall–Kier alpha value is -3.87. The summed E-state index contributed by atoms with van der Waals surface area (Å²) in [5, 5.41) is 11.6. The molecule has 1 aliphatic rings. The number of hydrogen-bond donors (Lipinski definition) is 1. The first kappa shape index (κ1) is 26.7. The predicted molar refractivity (Wildman–Crippen MR) is 145 cm³/mol. The second-order valence-corrected chi connectivity index (χ2v) is 10.8. The Bertz CT molecular complexity index is 1510. The molecule has 1 aliphatic carbocycles. The van der Waals surface area contributed by atoms with E-state index in [0.717, 1.165) is 42.0 Å². The molecule has 0 radical (unpaired) electrons. The maximum absolute atomic E-state index is 14.2. The summed E-state index contributed by atoms with van der Waals surface area (Å²) in [7, 11) is 0. The van der Waals surface area contributed by atoms with Gasteiger partial charge in [0, 0.05) is 18.9 Å². The van der Waals surface area contributed by atoms with Gasteiger partial charge in [-0.25, -0.2) is 13.2 Å². The molecule has 3 aromatic carbocycles. The van der Waals surface area contributed by atoms with E-state index in [1.165, 1.54) is 24.3 Å². The van der Waals surface area contributed by atoms with Crippen LogP contribution in [0.5, 0.6) is 5.88 Å². The maximum Gasteiger partial charge on any atom is 0.280 e. The number of aryl methyl sites for hydroxylation is 1. The third-order valence-corrected chi connectivity index (χ3v) is 7.39. The lowest BCUT2D eigenvalue weighted by Gasteiger charge is -2.29. The van der Waals surface area contributed by atoms with Gasteiger partial charge in [0.15, 0.2) is 0 Å². The molecular formula is C32H31F3N2O2. The Balaban J connectivity index is 1.55. The number of benzene rings is 3. The van der Waals surface area contributed by atoms with Crippen molar-refractivity contribution in [1.82, 2.24) is 9.55 Å². The fourth-order valence-corrected chi connectivity index (χ4v) is 5.20. The second kappa shape index (κ2) is 11.1. The molecule has 7 heteroatoms. The molecule has 39 heavy (non-hydrogen) atoms. The quantitative estimate of drug-likeness (QED) is 0.248. The SMILES string of the molecule is CC(C)[C@@H](c1cc(F)cc(F)c1)n1c(CCC2CC2)nc(=O)c(Cc2ccc(-c3ccc(F)cc3)cc2)c1O. The summed E-state index contributed by atoms with van der Waals surface area (Å²) >= 11 is 0. The Labute approximate surface area is 225 Å². The minimum atomic E-state index is -0.704. The molecule has 0 aliphatic heterocycles. The topological polar surface area (TPSA) is 55.1 Å². The average molecular weight is 533 g/mol. The van der Waals surface area contributed by atoms with Gasteiger partial charge in [0.1, 0.15) is 23.3 Å². The van der Waals surface area contributed by atoms with Gasteiger partial charge in [-0.3, -0.25) is 9.36 Å². The van der Waals surface area contributed by atoms with Gasteiger partial charge < -0.3 is 5.11 Å². The molecule has 4 aromatic rings. The Morgan fingerprint density at radius 3 is 2.05 bits per heavy atom. The summed E-state index contributed by atoms with van der Waals surface area (Å²) in [5.41, 5.74) is 2.52. The van der Waals surface area contributed by atoms with Crippen LogP contribution in [0.15, 0.2) is 71.5 Å². The van der Waals surface area contributed by atoms with Gasteiger partial charge in [-0.1, -0.05) is 63.1 Å². The van der Waals surface area contributed by atoms with E-state index in [4.69, 9.17) is 0 Å². The first-order valence-electron chi connectivity index (χ1n) is 13.3. The van der Waals surface area contributed by atoms with Crippen molar-refractivity contribution < 1.29 is 18.3 Å². The fourth-order valence-electron chi connectivity index (χ4n) is 5.20. The highest BCUT2D eigenvalue weighted by molar-refractivity contribution is 5.63. The van der Waals surface area contributed by atoms with Crippen molar-refractivity contribution in [3.05, 3.63) is 117 Å². The van der Waals surface area contributed by atoms with Crippen molar-refractivity contribution in [2.75, 3.05) is 0 Å². The van der Waals surface area contributed by atoms with Crippen LogP contribution in [-0.4, -0.2) is 14.7 Å². The summed E-state index contributed by atoms with van der Waals surface area (Å²) in [6, 6.07) is 16.4. The number of hydrogen-bond acceptors (Lipinski definition) is 3. The molecule has 5 rings (SSSR count). The standard InChI is InChI=1S/C32H31F3N2O2/c1-19(2)30(24-16-26(34)18-27(35)17-24)37-29(14-7-20-3-4-20)36-31(38)28(32(37)39)15-21-5-8-22(9-6-21)23-10-12-25(33)13-11-23/h5-6,8-13,16-20,30,39H,3-4,7,14-15H2,1-2H3/t30-/m0/s1. The zero-order valence-electron chi connectivity index (χ0n) is 22.0. The lowest BCUT2D eigenvalue weighted by atomic mass is 9.94. The van der Waals surface area contributed by atoms with E-state index in [1.54, 1.807) is 16.7 Å². The van der Waals surface area contributed by atoms with Crippen LogP contribution < -0.4 is 5.56 Å². The third kappa shape index (κ3) is 6.08. The van der Waals surface area contributed by atoms with E-state index in [2.05, 4.69) is 4.98 Å². The molecule has 0 bridgehead atoms. The van der Waals surface area contributed by atoms with Crippen molar-refractivity contribution in [3.8, 4) is 17.0 Å². The molecule has 0 unspecified atom stereocenters. The van der Waals surface area contributed by atoms with E-state index in [-0.39, 0.29) is 29.6 Å². The maximum atomic E-state index is 14.2. The molecular weight excluding hydrogens is 501 g/mol. The van der Waals surface area contributed by atoms with Crippen LogP contribution in [0.2, 0.25) is 0 Å². The van der Waals surface area contributed by atoms with Gasteiger partial charge in [0.2, 0.25) is 5.88 Å². The van der Waals surface area contributed by atoms with E-state index in [0.29, 0.717) is 23.7 Å². The lowest BCUT2D eigenvalue weighted by Crippen LogP contribution is -2.28. The Kier molecular flexibility index (Phi) is 7.60. The van der Waals surface area contributed by atoms with Gasteiger partial charge in [-0.2, -0.15) is 4.98 Å². The highest BCUT2D eigenvalue weighted by Crippen LogP contribution is 2.37. The molecule has 1 N–H and O–H groups in total. The summed E-state index contributed by atoms with van der Waals surface area (Å²) in [5.74, 6) is -1.12. The van der Waals surface area contributed by atoms with Crippen LogP contribution in [0, 0.1) is 29.3 Å². The number of nitrogens with zero attached hydrogens (tertiary/aromatic N) is 2.